The Balaban J connectivity index is 3.17. The summed E-state index contributed by atoms with van der Waals surface area (Å²) < 4.78 is 64.3. The average molecular weight is 332 g/mol. The van der Waals surface area contributed by atoms with Crippen molar-refractivity contribution in [3.05, 3.63) is 33.8 Å². The monoisotopic (exact) mass is 331 g/mol. The molecule has 0 saturated heterocycles. The van der Waals surface area contributed by atoms with E-state index in [1.54, 1.807) is 6.92 Å². The average Bonchev–Trinajstić information content (AvgIpc) is 2.22. The van der Waals surface area contributed by atoms with Gasteiger partial charge in [-0.2, -0.15) is 13.2 Å². The summed E-state index contributed by atoms with van der Waals surface area (Å²) in [6.45, 7) is 1.74. The minimum atomic E-state index is -4.51. The van der Waals surface area contributed by atoms with Crippen LogP contribution in [0.1, 0.15) is 24.9 Å². The third-order valence-corrected chi connectivity index (χ3v) is 2.93. The summed E-state index contributed by atoms with van der Waals surface area (Å²) in [6.07, 6.45) is -5.83. The van der Waals surface area contributed by atoms with E-state index in [1.165, 1.54) is 0 Å². The summed E-state index contributed by atoms with van der Waals surface area (Å²) in [7, 11) is 0. The van der Waals surface area contributed by atoms with Crippen LogP contribution in [0.2, 0.25) is 0 Å². The molecular formula is C11H11BrF5N. The lowest BCUT2D eigenvalue weighted by molar-refractivity contribution is -0.140. The topological polar surface area (TPSA) is 12.0 Å². The zero-order valence-electron chi connectivity index (χ0n) is 9.41. The lowest BCUT2D eigenvalue weighted by Crippen LogP contribution is -2.28. The molecule has 1 aromatic carbocycles. The maximum absolute atomic E-state index is 13.7. The molecule has 1 unspecified atom stereocenters. The molecule has 0 aromatic heterocycles. The molecule has 1 nitrogen and oxygen atoms in total. The Hall–Kier alpha value is -0.690. The summed E-state index contributed by atoms with van der Waals surface area (Å²) in [6, 6.07) is 0.612. The second kappa shape index (κ2) is 5.97. The first kappa shape index (κ1) is 15.4. The van der Waals surface area contributed by atoms with Gasteiger partial charge < -0.3 is 5.32 Å². The number of benzene rings is 1. The van der Waals surface area contributed by atoms with Crippen LogP contribution in [0.25, 0.3) is 0 Å². The van der Waals surface area contributed by atoms with Gasteiger partial charge in [0.2, 0.25) is 0 Å². The molecule has 0 spiro atoms. The number of rotatable bonds is 4. The van der Waals surface area contributed by atoms with Gasteiger partial charge in [-0.3, -0.25) is 0 Å². The highest BCUT2D eigenvalue weighted by atomic mass is 79.9. The van der Waals surface area contributed by atoms with Crippen molar-refractivity contribution in [1.82, 2.24) is 5.32 Å². The third-order valence-electron chi connectivity index (χ3n) is 2.31. The standard InChI is InChI=1S/C11H11BrF5N/c1-2-18-8(5-11(15,16)17)9-7(13)4-3-6(12)10(9)14/h3-4,8,18H,2,5H2,1H3. The van der Waals surface area contributed by atoms with E-state index in [9.17, 15) is 22.0 Å². The molecule has 0 fully saturated rings. The minimum Gasteiger partial charge on any atom is -0.310 e. The normalized spacial score (nSPS) is 13.7. The third kappa shape index (κ3) is 3.91. The molecular weight excluding hydrogens is 321 g/mol. The fraction of sp³-hybridized carbons (Fsp3) is 0.455. The number of hydrogen-bond donors (Lipinski definition) is 1. The van der Waals surface area contributed by atoms with Crippen molar-refractivity contribution in [2.24, 2.45) is 0 Å². The van der Waals surface area contributed by atoms with Crippen LogP contribution in [-0.2, 0) is 0 Å². The van der Waals surface area contributed by atoms with Gasteiger partial charge >= 0.3 is 6.18 Å². The maximum Gasteiger partial charge on any atom is 0.390 e. The number of hydrogen-bond acceptors (Lipinski definition) is 1. The van der Waals surface area contributed by atoms with Crippen LogP contribution in [0, 0.1) is 11.6 Å². The van der Waals surface area contributed by atoms with Gasteiger partial charge in [0.25, 0.3) is 0 Å². The van der Waals surface area contributed by atoms with Gasteiger partial charge in [-0.1, -0.05) is 6.92 Å². The molecule has 0 radical (unpaired) electrons. The summed E-state index contributed by atoms with van der Waals surface area (Å²) in [5, 5.41) is 2.44. The van der Waals surface area contributed by atoms with Crippen molar-refractivity contribution in [3.63, 3.8) is 0 Å². The highest BCUT2D eigenvalue weighted by Gasteiger charge is 2.35. The molecule has 18 heavy (non-hydrogen) atoms. The van der Waals surface area contributed by atoms with Gasteiger partial charge in [0.1, 0.15) is 11.6 Å². The van der Waals surface area contributed by atoms with Crippen molar-refractivity contribution in [2.45, 2.75) is 25.6 Å². The molecule has 102 valence electrons. The highest BCUT2D eigenvalue weighted by Crippen LogP contribution is 2.34. The van der Waals surface area contributed by atoms with Crippen molar-refractivity contribution < 1.29 is 22.0 Å². The Morgan fingerprint density at radius 2 is 1.89 bits per heavy atom. The zero-order valence-corrected chi connectivity index (χ0v) is 11.0. The molecule has 0 amide bonds. The van der Waals surface area contributed by atoms with Crippen LogP contribution in [0.15, 0.2) is 16.6 Å². The largest absolute Gasteiger partial charge is 0.390 e. The minimum absolute atomic E-state index is 0.0658. The Labute approximate surface area is 110 Å². The lowest BCUT2D eigenvalue weighted by atomic mass is 10.0. The quantitative estimate of drug-likeness (QED) is 0.639. The fourth-order valence-corrected chi connectivity index (χ4v) is 1.96. The number of nitrogens with one attached hydrogen (secondary N) is 1. The highest BCUT2D eigenvalue weighted by molar-refractivity contribution is 9.10. The Bertz CT molecular complexity index is 419. The van der Waals surface area contributed by atoms with Crippen LogP contribution in [-0.4, -0.2) is 12.7 Å². The summed E-state index contributed by atoms with van der Waals surface area (Å²) in [5.74, 6) is -2.00. The predicted octanol–water partition coefficient (Wildman–Crippen LogP) is 4.33. The number of alkyl halides is 3. The molecule has 7 heteroatoms. The Morgan fingerprint density at radius 3 is 2.39 bits per heavy atom. The maximum atomic E-state index is 13.7. The van der Waals surface area contributed by atoms with Crippen LogP contribution in [0.4, 0.5) is 22.0 Å². The lowest BCUT2D eigenvalue weighted by Gasteiger charge is -2.21. The van der Waals surface area contributed by atoms with Gasteiger partial charge in [0.05, 0.1) is 10.9 Å². The molecule has 1 atom stereocenters. The number of halogens is 6. The molecule has 0 aliphatic rings. The van der Waals surface area contributed by atoms with E-state index in [0.717, 1.165) is 12.1 Å². The first-order valence-electron chi connectivity index (χ1n) is 5.19. The molecule has 0 aliphatic heterocycles. The second-order valence-electron chi connectivity index (χ2n) is 3.69. The molecule has 0 heterocycles. The molecule has 1 N–H and O–H groups in total. The molecule has 0 aliphatic carbocycles. The SMILES string of the molecule is CCNC(CC(F)(F)F)c1c(F)ccc(Br)c1F. The van der Waals surface area contributed by atoms with Gasteiger partial charge in [-0.05, 0) is 34.6 Å². The first-order valence-corrected chi connectivity index (χ1v) is 5.99. The van der Waals surface area contributed by atoms with E-state index < -0.39 is 35.8 Å². The van der Waals surface area contributed by atoms with E-state index >= 15 is 0 Å². The van der Waals surface area contributed by atoms with Crippen LogP contribution >= 0.6 is 15.9 Å². The molecule has 0 saturated carbocycles. The molecule has 1 aromatic rings. The summed E-state index contributed by atoms with van der Waals surface area (Å²) in [5.41, 5.74) is -0.594. The van der Waals surface area contributed by atoms with Crippen molar-refractivity contribution >= 4 is 15.9 Å². The smallest absolute Gasteiger partial charge is 0.310 e. The van der Waals surface area contributed by atoms with Crippen molar-refractivity contribution in [2.75, 3.05) is 6.54 Å². The van der Waals surface area contributed by atoms with Crippen molar-refractivity contribution in [3.8, 4) is 0 Å². The zero-order chi connectivity index (χ0) is 13.9. The molecule has 0 bridgehead atoms. The predicted molar refractivity (Wildman–Crippen MR) is 61.1 cm³/mol. The van der Waals surface area contributed by atoms with E-state index in [1.807, 2.05) is 0 Å². The van der Waals surface area contributed by atoms with Crippen LogP contribution in [0.5, 0.6) is 0 Å². The van der Waals surface area contributed by atoms with Gasteiger partial charge in [-0.25, -0.2) is 8.78 Å². The van der Waals surface area contributed by atoms with Gasteiger partial charge in [0, 0.05) is 11.6 Å². The fourth-order valence-electron chi connectivity index (χ4n) is 1.62. The van der Waals surface area contributed by atoms with E-state index in [0.29, 0.717) is 0 Å². The summed E-state index contributed by atoms with van der Waals surface area (Å²) >= 11 is 2.83. The van der Waals surface area contributed by atoms with Gasteiger partial charge in [-0.15, -0.1) is 0 Å². The van der Waals surface area contributed by atoms with E-state index in [2.05, 4.69) is 21.2 Å². The summed E-state index contributed by atoms with van der Waals surface area (Å²) in [4.78, 5) is 0. The Kier molecular flexibility index (Phi) is 5.10. The second-order valence-corrected chi connectivity index (χ2v) is 4.54. The van der Waals surface area contributed by atoms with Crippen LogP contribution < -0.4 is 5.32 Å². The van der Waals surface area contributed by atoms with Gasteiger partial charge in [0.15, 0.2) is 0 Å². The molecule has 1 rings (SSSR count). The Morgan fingerprint density at radius 1 is 1.28 bits per heavy atom. The first-order chi connectivity index (χ1) is 8.26. The van der Waals surface area contributed by atoms with E-state index in [4.69, 9.17) is 0 Å². The van der Waals surface area contributed by atoms with E-state index in [-0.39, 0.29) is 11.0 Å². The van der Waals surface area contributed by atoms with Crippen molar-refractivity contribution in [1.29, 1.82) is 0 Å². The van der Waals surface area contributed by atoms with Crippen LogP contribution in [0.3, 0.4) is 0 Å².